The number of amides is 4. The molecule has 4 amide bonds. The fourth-order valence-electron chi connectivity index (χ4n) is 4.31. The Kier molecular flexibility index (Phi) is 13.6. The summed E-state index contributed by atoms with van der Waals surface area (Å²) < 4.78 is 31.7. The number of hydrogen-bond donors (Lipinski definition) is 8. The quantitative estimate of drug-likeness (QED) is 0.114. The topological polar surface area (TPSA) is 273 Å². The van der Waals surface area contributed by atoms with Gasteiger partial charge in [-0.15, -0.1) is 0 Å². The molecule has 1 saturated heterocycles. The Labute approximate surface area is 270 Å². The van der Waals surface area contributed by atoms with Crippen LogP contribution in [0.2, 0.25) is 0 Å². The second-order valence-corrected chi connectivity index (χ2v) is 10.2. The summed E-state index contributed by atoms with van der Waals surface area (Å²) in [5.74, 6) is -6.12. The molecule has 1 aliphatic rings. The molecule has 0 radical (unpaired) electrons. The first-order valence-corrected chi connectivity index (χ1v) is 14.0. The van der Waals surface area contributed by atoms with Gasteiger partial charge in [-0.1, -0.05) is 12.1 Å². The molecule has 48 heavy (non-hydrogen) atoms. The minimum Gasteiger partial charge on any atom is -0.480 e. The van der Waals surface area contributed by atoms with E-state index in [1.165, 1.54) is 29.2 Å². The Bertz CT molecular complexity index is 1550. The Hall–Kier alpha value is -6.01. The third kappa shape index (κ3) is 11.7. The maximum Gasteiger partial charge on any atom is 0.490 e. The molecule has 0 unspecified atom stereocenters. The van der Waals surface area contributed by atoms with Crippen molar-refractivity contribution in [1.29, 1.82) is 10.8 Å². The zero-order valence-corrected chi connectivity index (χ0v) is 25.2. The first kappa shape index (κ1) is 38.2. The molecule has 19 heteroatoms. The van der Waals surface area contributed by atoms with Gasteiger partial charge in [0.15, 0.2) is 0 Å². The van der Waals surface area contributed by atoms with Gasteiger partial charge in [-0.3, -0.25) is 34.8 Å². The number of carbonyl (C=O) groups is 6. The van der Waals surface area contributed by atoms with Gasteiger partial charge in [0.2, 0.25) is 17.7 Å². The Morgan fingerprint density at radius 2 is 1.38 bits per heavy atom. The molecule has 1 fully saturated rings. The monoisotopic (exact) mass is 678 g/mol. The van der Waals surface area contributed by atoms with Crippen LogP contribution in [0, 0.1) is 10.8 Å². The predicted molar refractivity (Wildman–Crippen MR) is 163 cm³/mol. The lowest BCUT2D eigenvalue weighted by molar-refractivity contribution is -0.192. The van der Waals surface area contributed by atoms with Crippen molar-refractivity contribution in [2.24, 2.45) is 11.5 Å². The molecule has 1 aliphatic heterocycles. The number of rotatable bonds is 12. The number of alkyl halides is 3. The number of amidine groups is 2. The Balaban J connectivity index is 0.00000103. The minimum atomic E-state index is -5.08. The molecule has 2 aromatic carbocycles. The number of piperazine rings is 1. The molecule has 10 N–H and O–H groups in total. The molecular weight excluding hydrogens is 645 g/mol. The molecule has 0 aromatic heterocycles. The van der Waals surface area contributed by atoms with Gasteiger partial charge in [-0.2, -0.15) is 13.2 Å². The van der Waals surface area contributed by atoms with E-state index in [-0.39, 0.29) is 55.5 Å². The van der Waals surface area contributed by atoms with Crippen LogP contribution < -0.4 is 22.1 Å². The molecule has 1 atom stereocenters. The average Bonchev–Trinajstić information content (AvgIpc) is 3.01. The van der Waals surface area contributed by atoms with Crippen molar-refractivity contribution in [3.8, 4) is 0 Å². The summed E-state index contributed by atoms with van der Waals surface area (Å²) in [7, 11) is 0. The third-order valence-electron chi connectivity index (χ3n) is 6.69. The summed E-state index contributed by atoms with van der Waals surface area (Å²) in [5, 5.41) is 36.4. The summed E-state index contributed by atoms with van der Waals surface area (Å²) in [6.45, 7) is -0.821. The lowest BCUT2D eigenvalue weighted by atomic mass is 10.0. The number of carbonyl (C=O) groups excluding carboxylic acids is 4. The maximum absolute atomic E-state index is 13.1. The van der Waals surface area contributed by atoms with Gasteiger partial charge in [0.1, 0.15) is 24.3 Å². The zero-order chi connectivity index (χ0) is 36.2. The van der Waals surface area contributed by atoms with Gasteiger partial charge in [-0.05, 0) is 49.2 Å². The van der Waals surface area contributed by atoms with Crippen LogP contribution in [0.25, 0.3) is 0 Å². The highest BCUT2D eigenvalue weighted by molar-refractivity contribution is 6.00. The van der Waals surface area contributed by atoms with Crippen LogP contribution in [-0.4, -0.2) is 106 Å². The number of benzene rings is 2. The summed E-state index contributed by atoms with van der Waals surface area (Å²) in [6, 6.07) is 11.4. The molecule has 0 bridgehead atoms. The first-order valence-electron chi connectivity index (χ1n) is 14.0. The van der Waals surface area contributed by atoms with Crippen LogP contribution in [-0.2, 0) is 24.0 Å². The highest BCUT2D eigenvalue weighted by atomic mass is 19.4. The van der Waals surface area contributed by atoms with Gasteiger partial charge in [0.25, 0.3) is 5.91 Å². The van der Waals surface area contributed by atoms with Crippen molar-refractivity contribution in [2.75, 3.05) is 31.5 Å². The van der Waals surface area contributed by atoms with E-state index in [9.17, 15) is 42.3 Å². The standard InChI is InChI=1S/C27H32N8O6.C2HF3O2/c28-24(29)16-4-6-18(7-5-16)26(40)32-14-22(37)35-13-12-34(15-23(38)39)27(41)20(35)2-1-3-21(36)33-19-10-8-17(9-11-19)25(30)31;3-2(4,5)1(6)7/h4-11,20H,1-3,12-15H2,(H3,28,29)(H3,30,31)(H,32,40)(H,33,36)(H,38,39);(H,6,7)/t20-;/m0./s1. The highest BCUT2D eigenvalue weighted by Crippen LogP contribution is 2.19. The fraction of sp³-hybridized carbons (Fsp3) is 0.310. The second kappa shape index (κ2) is 17.1. The predicted octanol–water partition coefficient (Wildman–Crippen LogP) is 0.551. The van der Waals surface area contributed by atoms with Gasteiger partial charge < -0.3 is 42.1 Å². The molecule has 16 nitrogen and oxygen atoms in total. The summed E-state index contributed by atoms with van der Waals surface area (Å²) in [4.78, 5) is 73.7. The maximum atomic E-state index is 13.1. The average molecular weight is 679 g/mol. The fourth-order valence-corrected chi connectivity index (χ4v) is 4.31. The van der Waals surface area contributed by atoms with E-state index >= 15 is 0 Å². The molecular formula is C29H33F3N8O8. The Morgan fingerprint density at radius 3 is 1.85 bits per heavy atom. The molecule has 3 rings (SSSR count). The van der Waals surface area contributed by atoms with Crippen molar-refractivity contribution >= 4 is 52.9 Å². The van der Waals surface area contributed by atoms with E-state index in [2.05, 4.69) is 10.6 Å². The van der Waals surface area contributed by atoms with Gasteiger partial charge in [-0.25, -0.2) is 4.79 Å². The van der Waals surface area contributed by atoms with E-state index in [4.69, 9.17) is 32.2 Å². The number of nitrogens with one attached hydrogen (secondary N) is 4. The number of carboxylic acids is 2. The van der Waals surface area contributed by atoms with E-state index in [0.29, 0.717) is 16.8 Å². The SMILES string of the molecule is N=C(N)c1ccc(NC(=O)CCC[C@H]2C(=O)N(CC(=O)O)CCN2C(=O)CNC(=O)c2ccc(C(=N)N)cc2)cc1.O=C(O)C(F)(F)F. The smallest absolute Gasteiger partial charge is 0.480 e. The van der Waals surface area contributed by atoms with Crippen molar-refractivity contribution < 1.29 is 52.2 Å². The van der Waals surface area contributed by atoms with E-state index in [1.807, 2.05) is 0 Å². The summed E-state index contributed by atoms with van der Waals surface area (Å²) >= 11 is 0. The third-order valence-corrected chi connectivity index (χ3v) is 6.69. The van der Waals surface area contributed by atoms with Crippen LogP contribution in [0.15, 0.2) is 48.5 Å². The molecule has 1 heterocycles. The van der Waals surface area contributed by atoms with Crippen molar-refractivity contribution in [3.63, 3.8) is 0 Å². The van der Waals surface area contributed by atoms with E-state index in [0.717, 1.165) is 4.90 Å². The number of carboxylic acid groups (broad SMARTS) is 2. The normalized spacial score (nSPS) is 14.2. The van der Waals surface area contributed by atoms with Crippen LogP contribution in [0.5, 0.6) is 0 Å². The number of nitrogens with zero attached hydrogens (tertiary/aromatic N) is 2. The number of aliphatic carboxylic acids is 2. The minimum absolute atomic E-state index is 0.0184. The lowest BCUT2D eigenvalue weighted by Gasteiger charge is -2.40. The molecule has 2 aromatic rings. The van der Waals surface area contributed by atoms with Crippen molar-refractivity contribution in [2.45, 2.75) is 31.5 Å². The molecule has 0 aliphatic carbocycles. The van der Waals surface area contributed by atoms with E-state index < -0.39 is 55.0 Å². The van der Waals surface area contributed by atoms with Crippen LogP contribution in [0.3, 0.4) is 0 Å². The summed E-state index contributed by atoms with van der Waals surface area (Å²) in [5.41, 5.74) is 12.6. The number of anilines is 1. The van der Waals surface area contributed by atoms with Gasteiger partial charge >= 0.3 is 18.1 Å². The number of nitrogens with two attached hydrogens (primary N) is 2. The van der Waals surface area contributed by atoms with E-state index in [1.54, 1.807) is 24.3 Å². The van der Waals surface area contributed by atoms with Gasteiger partial charge in [0.05, 0.1) is 6.54 Å². The van der Waals surface area contributed by atoms with Crippen LogP contribution in [0.4, 0.5) is 18.9 Å². The highest BCUT2D eigenvalue weighted by Gasteiger charge is 2.39. The van der Waals surface area contributed by atoms with Crippen molar-refractivity contribution in [1.82, 2.24) is 15.1 Å². The second-order valence-electron chi connectivity index (χ2n) is 10.2. The number of nitrogen functional groups attached to an aromatic ring is 2. The largest absolute Gasteiger partial charge is 0.490 e. The molecule has 0 saturated carbocycles. The first-order chi connectivity index (χ1) is 22.4. The van der Waals surface area contributed by atoms with Gasteiger partial charge in [0, 0.05) is 41.9 Å². The van der Waals surface area contributed by atoms with Crippen LogP contribution in [0.1, 0.15) is 40.7 Å². The molecule has 258 valence electrons. The lowest BCUT2D eigenvalue weighted by Crippen LogP contribution is -2.60. The van der Waals surface area contributed by atoms with Crippen molar-refractivity contribution in [3.05, 3.63) is 65.2 Å². The Morgan fingerprint density at radius 1 is 0.875 bits per heavy atom. The number of hydrogen-bond acceptors (Lipinski definition) is 8. The van der Waals surface area contributed by atoms with Crippen LogP contribution >= 0.6 is 0 Å². The summed E-state index contributed by atoms with van der Waals surface area (Å²) in [6.07, 6.45) is -4.71. The molecule has 0 spiro atoms. The number of halogens is 3. The zero-order valence-electron chi connectivity index (χ0n) is 25.2.